The number of hydrogen-bond acceptors (Lipinski definition) is 6. The molecule has 0 radical (unpaired) electrons. The molecule has 1 aromatic heterocycles. The van der Waals surface area contributed by atoms with Crippen molar-refractivity contribution in [2.45, 2.75) is 30.7 Å². The van der Waals surface area contributed by atoms with Crippen LogP contribution in [-0.4, -0.2) is 42.3 Å². The normalized spacial score (nSPS) is 16.6. The zero-order valence-corrected chi connectivity index (χ0v) is 18.6. The molecule has 5 rings (SSSR count). The molecule has 3 aromatic rings. The van der Waals surface area contributed by atoms with Crippen LogP contribution in [0.4, 0.5) is 14.7 Å². The van der Waals surface area contributed by atoms with E-state index in [-0.39, 0.29) is 29.7 Å². The molecule has 0 N–H and O–H groups in total. The molecule has 7 nitrogen and oxygen atoms in total. The summed E-state index contributed by atoms with van der Waals surface area (Å²) in [4.78, 5) is 11.4. The smallest absolute Gasteiger partial charge is 0.243 e. The van der Waals surface area contributed by atoms with Crippen molar-refractivity contribution >= 4 is 16.0 Å². The average Bonchev–Trinajstić information content (AvgIpc) is 3.35. The number of rotatable bonds is 5. The molecular formula is C23H22F2N4O3S. The van der Waals surface area contributed by atoms with E-state index in [4.69, 9.17) is 9.72 Å². The predicted molar refractivity (Wildman–Crippen MR) is 118 cm³/mol. The minimum Gasteiger partial charge on any atom is -0.438 e. The maximum absolute atomic E-state index is 13.4. The molecule has 1 saturated heterocycles. The van der Waals surface area contributed by atoms with Crippen LogP contribution in [0.2, 0.25) is 0 Å². The van der Waals surface area contributed by atoms with Gasteiger partial charge in [-0.15, -0.1) is 0 Å². The molecule has 0 unspecified atom stereocenters. The zero-order chi connectivity index (χ0) is 23.0. The monoisotopic (exact) mass is 472 g/mol. The highest BCUT2D eigenvalue weighted by Crippen LogP contribution is 2.34. The fraction of sp³-hybridized carbons (Fsp3) is 0.304. The highest BCUT2D eigenvalue weighted by Gasteiger charge is 2.32. The van der Waals surface area contributed by atoms with Crippen LogP contribution in [0.25, 0.3) is 0 Å². The number of benzene rings is 2. The number of ether oxygens (including phenoxy) is 1. The van der Waals surface area contributed by atoms with Gasteiger partial charge in [0.25, 0.3) is 0 Å². The third-order valence-corrected chi connectivity index (χ3v) is 7.70. The first kappa shape index (κ1) is 21.7. The van der Waals surface area contributed by atoms with E-state index in [1.165, 1.54) is 40.7 Å². The summed E-state index contributed by atoms with van der Waals surface area (Å²) >= 11 is 0. The van der Waals surface area contributed by atoms with Crippen molar-refractivity contribution in [3.63, 3.8) is 0 Å². The van der Waals surface area contributed by atoms with Crippen LogP contribution in [0.3, 0.4) is 0 Å². The summed E-state index contributed by atoms with van der Waals surface area (Å²) in [5.74, 6) is 0.311. The van der Waals surface area contributed by atoms with Gasteiger partial charge in [0.05, 0.1) is 16.2 Å². The molecule has 0 saturated carbocycles. The first-order valence-electron chi connectivity index (χ1n) is 10.7. The van der Waals surface area contributed by atoms with E-state index in [9.17, 15) is 17.2 Å². The lowest BCUT2D eigenvalue weighted by molar-refractivity contribution is 0.369. The SMILES string of the molecule is O=S(=O)(c1ccc(F)cc1)N1CCc2nc(N3CCCC3)nc(Oc3ccc(F)cc3)c2C1. The van der Waals surface area contributed by atoms with Crippen molar-refractivity contribution < 1.29 is 21.9 Å². The number of aromatic nitrogens is 2. The number of halogens is 2. The Balaban J connectivity index is 1.51. The molecule has 2 aliphatic heterocycles. The molecule has 0 spiro atoms. The van der Waals surface area contributed by atoms with Gasteiger partial charge in [-0.05, 0) is 61.4 Å². The van der Waals surface area contributed by atoms with Crippen molar-refractivity contribution in [3.05, 3.63) is 71.4 Å². The number of anilines is 1. The molecule has 172 valence electrons. The van der Waals surface area contributed by atoms with Crippen molar-refractivity contribution in [1.82, 2.24) is 14.3 Å². The minimum atomic E-state index is -3.85. The minimum absolute atomic E-state index is 0.0166. The second-order valence-electron chi connectivity index (χ2n) is 8.05. The van der Waals surface area contributed by atoms with Gasteiger partial charge in [0.1, 0.15) is 17.4 Å². The third-order valence-electron chi connectivity index (χ3n) is 5.84. The van der Waals surface area contributed by atoms with Crippen LogP contribution < -0.4 is 9.64 Å². The summed E-state index contributed by atoms with van der Waals surface area (Å²) in [5.41, 5.74) is 1.30. The number of fused-ring (bicyclic) bond motifs is 1. The largest absolute Gasteiger partial charge is 0.438 e. The standard InChI is InChI=1S/C23H22F2N4O3S/c24-16-3-7-18(8-4-16)32-22-20-15-29(33(30,31)19-9-5-17(25)6-10-19)14-11-21(20)26-23(27-22)28-12-1-2-13-28/h3-10H,1-2,11-15H2. The van der Waals surface area contributed by atoms with E-state index in [0.29, 0.717) is 23.7 Å². The Morgan fingerprint density at radius 2 is 1.48 bits per heavy atom. The maximum atomic E-state index is 13.4. The third kappa shape index (κ3) is 4.40. The molecule has 2 aliphatic rings. The van der Waals surface area contributed by atoms with E-state index in [0.717, 1.165) is 43.8 Å². The molecular weight excluding hydrogens is 450 g/mol. The summed E-state index contributed by atoms with van der Waals surface area (Å²) in [6, 6.07) is 10.3. The van der Waals surface area contributed by atoms with Crippen molar-refractivity contribution in [1.29, 1.82) is 0 Å². The average molecular weight is 473 g/mol. The van der Waals surface area contributed by atoms with Crippen LogP contribution in [0.1, 0.15) is 24.1 Å². The predicted octanol–water partition coefficient (Wildman–Crippen LogP) is 3.89. The molecule has 0 aliphatic carbocycles. The van der Waals surface area contributed by atoms with Gasteiger partial charge >= 0.3 is 0 Å². The van der Waals surface area contributed by atoms with E-state index in [1.54, 1.807) is 0 Å². The van der Waals surface area contributed by atoms with Gasteiger partial charge in [0.2, 0.25) is 21.9 Å². The Morgan fingerprint density at radius 3 is 2.15 bits per heavy atom. The first-order chi connectivity index (χ1) is 15.9. The fourth-order valence-corrected chi connectivity index (χ4v) is 5.47. The van der Waals surface area contributed by atoms with E-state index < -0.39 is 15.8 Å². The number of hydrogen-bond donors (Lipinski definition) is 0. The Kier molecular flexibility index (Phi) is 5.71. The Hall–Kier alpha value is -3.11. The number of sulfonamides is 1. The summed E-state index contributed by atoms with van der Waals surface area (Å²) in [6.45, 7) is 1.95. The van der Waals surface area contributed by atoms with Gasteiger partial charge in [-0.25, -0.2) is 22.2 Å². The Morgan fingerprint density at radius 1 is 0.848 bits per heavy atom. The lowest BCUT2D eigenvalue weighted by atomic mass is 10.1. The molecule has 2 aromatic carbocycles. The molecule has 1 fully saturated rings. The van der Waals surface area contributed by atoms with Crippen LogP contribution in [0.15, 0.2) is 53.4 Å². The molecule has 33 heavy (non-hydrogen) atoms. The van der Waals surface area contributed by atoms with Crippen molar-refractivity contribution in [2.75, 3.05) is 24.5 Å². The van der Waals surface area contributed by atoms with Gasteiger partial charge < -0.3 is 9.64 Å². The summed E-state index contributed by atoms with van der Waals surface area (Å²) in [6.07, 6.45) is 2.50. The Bertz CT molecular complexity index is 1260. The van der Waals surface area contributed by atoms with E-state index in [1.807, 2.05) is 0 Å². The molecule has 0 amide bonds. The Labute approximate surface area is 190 Å². The lowest BCUT2D eigenvalue weighted by Crippen LogP contribution is -2.37. The molecule has 0 atom stereocenters. The highest BCUT2D eigenvalue weighted by atomic mass is 32.2. The quantitative estimate of drug-likeness (QED) is 0.561. The van der Waals surface area contributed by atoms with Crippen molar-refractivity contribution in [3.8, 4) is 11.6 Å². The van der Waals surface area contributed by atoms with Gasteiger partial charge in [0.15, 0.2) is 0 Å². The van der Waals surface area contributed by atoms with E-state index >= 15 is 0 Å². The summed E-state index contributed by atoms with van der Waals surface area (Å²) < 4.78 is 60.3. The van der Waals surface area contributed by atoms with Crippen LogP contribution >= 0.6 is 0 Å². The lowest BCUT2D eigenvalue weighted by Gasteiger charge is -2.29. The van der Waals surface area contributed by atoms with Gasteiger partial charge in [-0.1, -0.05) is 0 Å². The summed E-state index contributed by atoms with van der Waals surface area (Å²) in [7, 11) is -3.85. The second-order valence-corrected chi connectivity index (χ2v) is 9.98. The van der Waals surface area contributed by atoms with Crippen LogP contribution in [0.5, 0.6) is 11.6 Å². The molecule has 10 heteroatoms. The fourth-order valence-electron chi connectivity index (χ4n) is 4.06. The number of nitrogens with zero attached hydrogens (tertiary/aromatic N) is 4. The molecule has 0 bridgehead atoms. The topological polar surface area (TPSA) is 75.6 Å². The van der Waals surface area contributed by atoms with Gasteiger partial charge in [-0.3, -0.25) is 0 Å². The second kappa shape index (κ2) is 8.68. The van der Waals surface area contributed by atoms with Crippen LogP contribution in [-0.2, 0) is 23.0 Å². The van der Waals surface area contributed by atoms with Crippen LogP contribution in [0, 0.1) is 11.6 Å². The van der Waals surface area contributed by atoms with Crippen molar-refractivity contribution in [2.24, 2.45) is 0 Å². The van der Waals surface area contributed by atoms with Gasteiger partial charge in [0, 0.05) is 32.6 Å². The first-order valence-corrected chi connectivity index (χ1v) is 12.2. The summed E-state index contributed by atoms with van der Waals surface area (Å²) in [5, 5.41) is 0. The molecule has 3 heterocycles. The van der Waals surface area contributed by atoms with E-state index in [2.05, 4.69) is 9.88 Å². The zero-order valence-electron chi connectivity index (χ0n) is 17.7. The maximum Gasteiger partial charge on any atom is 0.243 e. The van der Waals surface area contributed by atoms with Gasteiger partial charge in [-0.2, -0.15) is 9.29 Å². The highest BCUT2D eigenvalue weighted by molar-refractivity contribution is 7.89.